The van der Waals surface area contributed by atoms with E-state index in [9.17, 15) is 14.4 Å². The van der Waals surface area contributed by atoms with Gasteiger partial charge in [-0.1, -0.05) is 11.6 Å². The van der Waals surface area contributed by atoms with Crippen LogP contribution in [0.1, 0.15) is 30.4 Å². The van der Waals surface area contributed by atoms with E-state index in [4.69, 9.17) is 21.8 Å². The van der Waals surface area contributed by atoms with Crippen LogP contribution in [0, 0.1) is 0 Å². The number of halogens is 1. The van der Waals surface area contributed by atoms with Gasteiger partial charge in [0.05, 0.1) is 16.1 Å². The van der Waals surface area contributed by atoms with Crippen LogP contribution in [0.25, 0.3) is 0 Å². The van der Waals surface area contributed by atoms with Crippen LogP contribution in [-0.4, -0.2) is 28.1 Å². The molecule has 0 unspecified atom stereocenters. The van der Waals surface area contributed by atoms with Gasteiger partial charge in [-0.15, -0.1) is 11.3 Å². The molecular formula is C13H8ClNO5S. The lowest BCUT2D eigenvalue weighted by Crippen LogP contribution is -2.12. The Balaban J connectivity index is 2.35. The van der Waals surface area contributed by atoms with Crippen LogP contribution in [0.3, 0.4) is 0 Å². The molecule has 21 heavy (non-hydrogen) atoms. The Morgan fingerprint density at radius 1 is 1.05 bits per heavy atom. The highest BCUT2D eigenvalue weighted by molar-refractivity contribution is 7.12. The minimum absolute atomic E-state index is 0.0711. The van der Waals surface area contributed by atoms with Crippen molar-refractivity contribution >= 4 is 46.5 Å². The second-order valence-corrected chi connectivity index (χ2v) is 5.28. The van der Waals surface area contributed by atoms with Crippen molar-refractivity contribution in [1.29, 1.82) is 0 Å². The van der Waals surface area contributed by atoms with Crippen molar-refractivity contribution in [1.82, 2.24) is 0 Å². The van der Waals surface area contributed by atoms with Gasteiger partial charge in [-0.2, -0.15) is 0 Å². The number of hydrogen-bond acceptors (Lipinski definition) is 4. The third-order valence-corrected chi connectivity index (χ3v) is 3.85. The summed E-state index contributed by atoms with van der Waals surface area (Å²) in [6.07, 6.45) is 0. The molecule has 2 rings (SSSR count). The Morgan fingerprint density at radius 2 is 1.62 bits per heavy atom. The van der Waals surface area contributed by atoms with Gasteiger partial charge in [0.2, 0.25) is 0 Å². The lowest BCUT2D eigenvalue weighted by molar-refractivity contribution is 0.0696. The lowest BCUT2D eigenvalue weighted by Gasteiger charge is -2.07. The molecule has 6 nitrogen and oxygen atoms in total. The fourth-order valence-corrected chi connectivity index (χ4v) is 2.63. The van der Waals surface area contributed by atoms with E-state index in [-0.39, 0.29) is 26.7 Å². The van der Waals surface area contributed by atoms with E-state index in [1.807, 2.05) is 0 Å². The summed E-state index contributed by atoms with van der Waals surface area (Å²) >= 11 is 6.95. The number of carboxylic acid groups (broad SMARTS) is 2. The number of carbonyl (C=O) groups excluding carboxylic acids is 1. The minimum atomic E-state index is -1.29. The fourth-order valence-electron chi connectivity index (χ4n) is 1.59. The first-order valence-electron chi connectivity index (χ1n) is 5.54. The summed E-state index contributed by atoms with van der Waals surface area (Å²) < 4.78 is 0. The van der Waals surface area contributed by atoms with E-state index in [1.165, 1.54) is 12.1 Å². The normalized spacial score (nSPS) is 10.1. The second-order valence-electron chi connectivity index (χ2n) is 3.96. The molecule has 0 spiro atoms. The van der Waals surface area contributed by atoms with Crippen LogP contribution in [0.15, 0.2) is 29.6 Å². The Hall–Kier alpha value is -2.38. The monoisotopic (exact) mass is 325 g/mol. The number of carboxylic acids is 2. The number of hydrogen-bond donors (Lipinski definition) is 3. The average Bonchev–Trinajstić information content (AvgIpc) is 2.84. The lowest BCUT2D eigenvalue weighted by atomic mass is 10.1. The smallest absolute Gasteiger partial charge is 0.335 e. The van der Waals surface area contributed by atoms with Gasteiger partial charge >= 0.3 is 11.9 Å². The van der Waals surface area contributed by atoms with E-state index in [0.29, 0.717) is 0 Å². The molecule has 0 aliphatic carbocycles. The van der Waals surface area contributed by atoms with E-state index < -0.39 is 17.8 Å². The molecule has 108 valence electrons. The summed E-state index contributed by atoms with van der Waals surface area (Å²) in [5, 5.41) is 22.2. The molecule has 1 amide bonds. The van der Waals surface area contributed by atoms with Crippen LogP contribution in [-0.2, 0) is 0 Å². The minimum Gasteiger partial charge on any atom is -0.478 e. The topological polar surface area (TPSA) is 104 Å². The molecule has 1 aromatic heterocycles. The number of nitrogens with one attached hydrogen (secondary N) is 1. The summed E-state index contributed by atoms with van der Waals surface area (Å²) in [7, 11) is 0. The Bertz CT molecular complexity index is 708. The average molecular weight is 326 g/mol. The molecule has 3 N–H and O–H groups in total. The van der Waals surface area contributed by atoms with Crippen molar-refractivity contribution < 1.29 is 24.6 Å². The summed E-state index contributed by atoms with van der Waals surface area (Å²) in [4.78, 5) is 34.2. The van der Waals surface area contributed by atoms with Crippen LogP contribution >= 0.6 is 22.9 Å². The molecule has 1 aromatic carbocycles. The first-order chi connectivity index (χ1) is 9.88. The molecule has 0 aliphatic rings. The van der Waals surface area contributed by atoms with Gasteiger partial charge in [0.1, 0.15) is 4.88 Å². The first kappa shape index (κ1) is 15.0. The second kappa shape index (κ2) is 5.94. The maximum atomic E-state index is 12.0. The van der Waals surface area contributed by atoms with Gasteiger partial charge in [-0.25, -0.2) is 9.59 Å². The van der Waals surface area contributed by atoms with Crippen molar-refractivity contribution in [3.63, 3.8) is 0 Å². The van der Waals surface area contributed by atoms with Gasteiger partial charge in [0, 0.05) is 5.69 Å². The van der Waals surface area contributed by atoms with Crippen LogP contribution < -0.4 is 5.32 Å². The summed E-state index contributed by atoms with van der Waals surface area (Å²) in [5.41, 5.74) is -0.397. The van der Waals surface area contributed by atoms with Gasteiger partial charge in [-0.3, -0.25) is 4.79 Å². The summed E-state index contributed by atoms with van der Waals surface area (Å²) in [6.45, 7) is 0. The van der Waals surface area contributed by atoms with Gasteiger partial charge in [0.15, 0.2) is 0 Å². The zero-order valence-electron chi connectivity index (χ0n) is 10.3. The highest BCUT2D eigenvalue weighted by Crippen LogP contribution is 2.24. The summed E-state index contributed by atoms with van der Waals surface area (Å²) in [5.74, 6) is -3.11. The number of rotatable bonds is 4. The maximum absolute atomic E-state index is 12.0. The third-order valence-electron chi connectivity index (χ3n) is 2.51. The Morgan fingerprint density at radius 3 is 2.05 bits per heavy atom. The van der Waals surface area contributed by atoms with Crippen molar-refractivity contribution in [3.8, 4) is 0 Å². The van der Waals surface area contributed by atoms with Crippen molar-refractivity contribution in [2.24, 2.45) is 0 Å². The number of amides is 1. The SMILES string of the molecule is O=C(O)c1cc(NC(=O)c2sccc2Cl)cc(C(=O)O)c1. The number of thiophene rings is 1. The Kier molecular flexibility index (Phi) is 4.25. The Labute approximate surface area is 127 Å². The molecule has 0 radical (unpaired) electrons. The zero-order chi connectivity index (χ0) is 15.6. The number of carbonyl (C=O) groups is 3. The standard InChI is InChI=1S/C13H8ClNO5S/c14-9-1-2-21-10(9)11(16)15-8-4-6(12(17)18)3-7(5-8)13(19)20/h1-5H,(H,15,16)(H,17,18)(H,19,20). The van der Waals surface area contributed by atoms with Gasteiger partial charge in [0.25, 0.3) is 5.91 Å². The quantitative estimate of drug-likeness (QED) is 0.801. The number of anilines is 1. The molecule has 1 heterocycles. The number of benzene rings is 1. The van der Waals surface area contributed by atoms with E-state index in [2.05, 4.69) is 5.32 Å². The van der Waals surface area contributed by atoms with Crippen LogP contribution in [0.4, 0.5) is 5.69 Å². The highest BCUT2D eigenvalue weighted by Gasteiger charge is 2.15. The van der Waals surface area contributed by atoms with Crippen LogP contribution in [0.5, 0.6) is 0 Å². The fraction of sp³-hybridized carbons (Fsp3) is 0. The molecular weight excluding hydrogens is 318 g/mol. The zero-order valence-corrected chi connectivity index (χ0v) is 11.9. The van der Waals surface area contributed by atoms with Crippen molar-refractivity contribution in [2.75, 3.05) is 5.32 Å². The molecule has 2 aromatic rings. The number of aromatic carboxylic acids is 2. The van der Waals surface area contributed by atoms with Crippen molar-refractivity contribution in [2.45, 2.75) is 0 Å². The van der Waals surface area contributed by atoms with Crippen molar-refractivity contribution in [3.05, 3.63) is 50.7 Å². The predicted octanol–water partition coefficient (Wildman–Crippen LogP) is 3.05. The van der Waals surface area contributed by atoms with E-state index >= 15 is 0 Å². The predicted molar refractivity (Wildman–Crippen MR) is 77.6 cm³/mol. The first-order valence-corrected chi connectivity index (χ1v) is 6.80. The molecule has 0 aliphatic heterocycles. The molecule has 8 heteroatoms. The molecule has 0 bridgehead atoms. The van der Waals surface area contributed by atoms with E-state index in [0.717, 1.165) is 17.4 Å². The summed E-state index contributed by atoms with van der Waals surface area (Å²) in [6, 6.07) is 4.91. The third kappa shape index (κ3) is 3.39. The van der Waals surface area contributed by atoms with Gasteiger partial charge < -0.3 is 15.5 Å². The maximum Gasteiger partial charge on any atom is 0.335 e. The molecule has 0 saturated heterocycles. The molecule has 0 saturated carbocycles. The molecule has 0 atom stereocenters. The largest absolute Gasteiger partial charge is 0.478 e. The van der Waals surface area contributed by atoms with Crippen LogP contribution in [0.2, 0.25) is 5.02 Å². The molecule has 0 fully saturated rings. The highest BCUT2D eigenvalue weighted by atomic mass is 35.5. The van der Waals surface area contributed by atoms with E-state index in [1.54, 1.807) is 11.4 Å². The van der Waals surface area contributed by atoms with Gasteiger partial charge in [-0.05, 0) is 29.6 Å².